The van der Waals surface area contributed by atoms with Crippen LogP contribution in [0.1, 0.15) is 77.6 Å². The van der Waals surface area contributed by atoms with Gasteiger partial charge in [-0.25, -0.2) is 0 Å². The molecular formula is C36H56N4O3S. The Morgan fingerprint density at radius 2 is 1.41 bits per heavy atom. The quantitative estimate of drug-likeness (QED) is 0.196. The number of aryl methyl sites for hydroxylation is 3. The van der Waals surface area contributed by atoms with Crippen LogP contribution in [-0.2, 0) is 19.8 Å². The Hall–Kier alpha value is -3.10. The Balaban J connectivity index is 0.000000574. The standard InChI is InChI=1S/C25H43N3O2.C11H13NOS/c1-16(2)15-28(11)23(30)21(24(5,6)7)27-22(29)20(26-10)25(8,9)19-13-17(3)12-18(4)14-19;1-8(2)11(13)12-14-10-6-4-9(3)5-7-10/h12-14,16,20-21,26H,15H2,1-11H3,(H,27,29);4-7H,1H2,2-3H3,(H,12,13). The highest BCUT2D eigenvalue weighted by molar-refractivity contribution is 7.98. The molecule has 0 radical (unpaired) electrons. The Labute approximate surface area is 271 Å². The van der Waals surface area contributed by atoms with Crippen molar-refractivity contribution < 1.29 is 14.4 Å². The van der Waals surface area contributed by atoms with Crippen molar-refractivity contribution in [2.45, 2.75) is 98.6 Å². The van der Waals surface area contributed by atoms with Gasteiger partial charge in [-0.2, -0.15) is 0 Å². The van der Waals surface area contributed by atoms with Crippen LogP contribution in [0.3, 0.4) is 0 Å². The summed E-state index contributed by atoms with van der Waals surface area (Å²) in [6.07, 6.45) is 0. The normalized spacial score (nSPS) is 12.9. The molecule has 2 aromatic carbocycles. The molecule has 44 heavy (non-hydrogen) atoms. The van der Waals surface area contributed by atoms with Gasteiger partial charge in [0.1, 0.15) is 6.04 Å². The van der Waals surface area contributed by atoms with Gasteiger partial charge in [0, 0.05) is 29.5 Å². The molecule has 2 aromatic rings. The summed E-state index contributed by atoms with van der Waals surface area (Å²) in [5.41, 5.74) is 4.32. The second-order valence-corrected chi connectivity index (χ2v) is 14.7. The fraction of sp³-hybridized carbons (Fsp3) is 0.528. The lowest BCUT2D eigenvalue weighted by molar-refractivity contribution is -0.139. The molecule has 0 saturated carbocycles. The van der Waals surface area contributed by atoms with Gasteiger partial charge >= 0.3 is 0 Å². The Kier molecular flexibility index (Phi) is 14.9. The van der Waals surface area contributed by atoms with Gasteiger partial charge < -0.3 is 15.5 Å². The summed E-state index contributed by atoms with van der Waals surface area (Å²) in [5.74, 6) is 0.0240. The van der Waals surface area contributed by atoms with Gasteiger partial charge in [-0.15, -0.1) is 0 Å². The van der Waals surface area contributed by atoms with Crippen LogP contribution in [0.15, 0.2) is 59.5 Å². The number of hydrogen-bond donors (Lipinski definition) is 3. The van der Waals surface area contributed by atoms with Crippen molar-refractivity contribution in [3.63, 3.8) is 0 Å². The molecule has 0 aliphatic rings. The summed E-state index contributed by atoms with van der Waals surface area (Å²) in [6.45, 7) is 26.3. The summed E-state index contributed by atoms with van der Waals surface area (Å²) in [6, 6.07) is 13.3. The largest absolute Gasteiger partial charge is 0.344 e. The van der Waals surface area contributed by atoms with Crippen LogP contribution in [0.4, 0.5) is 0 Å². The Morgan fingerprint density at radius 3 is 1.84 bits per heavy atom. The van der Waals surface area contributed by atoms with Gasteiger partial charge in [0.05, 0.1) is 6.04 Å². The van der Waals surface area contributed by atoms with Gasteiger partial charge in [-0.3, -0.25) is 19.1 Å². The van der Waals surface area contributed by atoms with E-state index in [4.69, 9.17) is 0 Å². The summed E-state index contributed by atoms with van der Waals surface area (Å²) in [5, 5.41) is 6.27. The number of nitrogens with one attached hydrogen (secondary N) is 3. The molecule has 0 aliphatic carbocycles. The van der Waals surface area contributed by atoms with Crippen molar-refractivity contribution >= 4 is 29.7 Å². The number of nitrogens with zero attached hydrogens (tertiary/aromatic N) is 1. The molecule has 0 spiro atoms. The number of rotatable bonds is 11. The molecule has 0 aliphatic heterocycles. The van der Waals surface area contributed by atoms with Crippen LogP contribution in [0.2, 0.25) is 0 Å². The van der Waals surface area contributed by atoms with Crippen molar-refractivity contribution in [3.05, 3.63) is 76.9 Å². The average molecular weight is 625 g/mol. The van der Waals surface area contributed by atoms with E-state index in [9.17, 15) is 14.4 Å². The fourth-order valence-corrected chi connectivity index (χ4v) is 5.52. The van der Waals surface area contributed by atoms with Crippen LogP contribution >= 0.6 is 11.9 Å². The molecule has 0 fully saturated rings. The molecule has 244 valence electrons. The molecule has 2 rings (SSSR count). The van der Waals surface area contributed by atoms with E-state index >= 15 is 0 Å². The highest BCUT2D eigenvalue weighted by Crippen LogP contribution is 2.30. The summed E-state index contributed by atoms with van der Waals surface area (Å²) in [4.78, 5) is 40.5. The Morgan fingerprint density at radius 1 is 0.886 bits per heavy atom. The maximum atomic E-state index is 13.4. The molecule has 0 bridgehead atoms. The van der Waals surface area contributed by atoms with E-state index < -0.39 is 22.9 Å². The van der Waals surface area contributed by atoms with Gasteiger partial charge in [-0.1, -0.05) is 102 Å². The predicted octanol–water partition coefficient (Wildman–Crippen LogP) is 6.51. The zero-order chi connectivity index (χ0) is 34.0. The predicted molar refractivity (Wildman–Crippen MR) is 186 cm³/mol. The first kappa shape index (κ1) is 38.9. The zero-order valence-corrected chi connectivity index (χ0v) is 30.1. The fourth-order valence-electron chi connectivity index (χ4n) is 4.86. The summed E-state index contributed by atoms with van der Waals surface area (Å²) in [7, 11) is 3.61. The van der Waals surface area contributed by atoms with Crippen molar-refractivity contribution in [2.24, 2.45) is 11.3 Å². The van der Waals surface area contributed by atoms with E-state index in [1.165, 1.54) is 28.6 Å². The first-order valence-corrected chi connectivity index (χ1v) is 16.0. The van der Waals surface area contributed by atoms with Crippen molar-refractivity contribution in [2.75, 3.05) is 20.6 Å². The van der Waals surface area contributed by atoms with Gasteiger partial charge in [0.15, 0.2) is 0 Å². The zero-order valence-electron chi connectivity index (χ0n) is 29.3. The molecule has 2 unspecified atom stereocenters. The van der Waals surface area contributed by atoms with Crippen LogP contribution in [0, 0.1) is 32.1 Å². The molecular weight excluding hydrogens is 568 g/mol. The van der Waals surface area contributed by atoms with Crippen LogP contribution in [0.25, 0.3) is 0 Å². The van der Waals surface area contributed by atoms with E-state index in [2.05, 4.69) is 81.7 Å². The molecule has 8 heteroatoms. The molecule has 0 heterocycles. The van der Waals surface area contributed by atoms with Gasteiger partial charge in [0.25, 0.3) is 5.91 Å². The smallest absolute Gasteiger partial charge is 0.256 e. The SMILES string of the molecule is C=C(C)C(=O)NSc1ccc(C)cc1.CNC(C(=O)NC(C(=O)N(C)CC(C)C)C(C)(C)C)C(C)(C)c1cc(C)cc(C)c1. The number of carbonyl (C=O) groups is 3. The van der Waals surface area contributed by atoms with Crippen LogP contribution in [0.5, 0.6) is 0 Å². The third kappa shape index (κ3) is 12.1. The van der Waals surface area contributed by atoms with Gasteiger partial charge in [0.2, 0.25) is 11.8 Å². The lowest BCUT2D eigenvalue weighted by atomic mass is 9.76. The Bertz CT molecular complexity index is 1260. The van der Waals surface area contributed by atoms with Crippen molar-refractivity contribution in [1.82, 2.24) is 20.3 Å². The molecule has 7 nitrogen and oxygen atoms in total. The second-order valence-electron chi connectivity index (χ2n) is 13.9. The number of likely N-dealkylation sites (N-methyl/N-ethyl adjacent to an activating group) is 2. The minimum absolute atomic E-state index is 0.0522. The van der Waals surface area contributed by atoms with Crippen molar-refractivity contribution in [3.8, 4) is 0 Å². The maximum absolute atomic E-state index is 13.4. The highest BCUT2D eigenvalue weighted by atomic mass is 32.2. The van der Waals surface area contributed by atoms with E-state index in [0.717, 1.165) is 10.5 Å². The van der Waals surface area contributed by atoms with Crippen molar-refractivity contribution in [1.29, 1.82) is 0 Å². The lowest BCUT2D eigenvalue weighted by Gasteiger charge is -2.38. The molecule has 0 aromatic heterocycles. The molecule has 2 atom stereocenters. The third-order valence-electron chi connectivity index (χ3n) is 7.32. The minimum atomic E-state index is -0.598. The number of amides is 3. The van der Waals surface area contributed by atoms with Crippen LogP contribution in [-0.4, -0.2) is 55.3 Å². The minimum Gasteiger partial charge on any atom is -0.344 e. The summed E-state index contributed by atoms with van der Waals surface area (Å²) < 4.78 is 2.70. The maximum Gasteiger partial charge on any atom is 0.256 e. The topological polar surface area (TPSA) is 90.5 Å². The van der Waals surface area contributed by atoms with E-state index in [1.54, 1.807) is 18.9 Å². The van der Waals surface area contributed by atoms with E-state index in [0.29, 0.717) is 18.0 Å². The second kappa shape index (κ2) is 16.8. The molecule has 3 amide bonds. The van der Waals surface area contributed by atoms with E-state index in [1.807, 2.05) is 59.0 Å². The average Bonchev–Trinajstić information content (AvgIpc) is 2.89. The molecule has 0 saturated heterocycles. The van der Waals surface area contributed by atoms with Crippen LogP contribution < -0.4 is 15.4 Å². The summed E-state index contributed by atoms with van der Waals surface area (Å²) >= 11 is 1.31. The number of benzene rings is 2. The van der Waals surface area contributed by atoms with Gasteiger partial charge in [-0.05, 0) is 75.7 Å². The van der Waals surface area contributed by atoms with E-state index in [-0.39, 0.29) is 17.7 Å². The first-order valence-electron chi connectivity index (χ1n) is 15.2. The monoisotopic (exact) mass is 624 g/mol. The third-order valence-corrected chi connectivity index (χ3v) is 8.12. The lowest BCUT2D eigenvalue weighted by Crippen LogP contribution is -2.61. The number of hydrogen-bond acceptors (Lipinski definition) is 5. The highest BCUT2D eigenvalue weighted by Gasteiger charge is 2.40. The number of carbonyl (C=O) groups excluding carboxylic acids is 3. The first-order chi connectivity index (χ1) is 20.2. The molecule has 3 N–H and O–H groups in total.